The second-order valence-electron chi connectivity index (χ2n) is 7.24. The van der Waals surface area contributed by atoms with Gasteiger partial charge in [0.2, 0.25) is 11.8 Å². The minimum absolute atomic E-state index is 0.0548. The van der Waals surface area contributed by atoms with Crippen molar-refractivity contribution in [2.45, 2.75) is 25.0 Å². The van der Waals surface area contributed by atoms with Crippen LogP contribution in [-0.2, 0) is 25.7 Å². The molecule has 2 aliphatic rings. The molecule has 1 N–H and O–H groups in total. The molecular formula is C22H22N2O4. The van der Waals surface area contributed by atoms with Crippen LogP contribution in [0.1, 0.15) is 23.6 Å². The van der Waals surface area contributed by atoms with E-state index in [9.17, 15) is 14.4 Å². The van der Waals surface area contributed by atoms with Gasteiger partial charge in [0.15, 0.2) is 0 Å². The molecule has 0 aliphatic carbocycles. The molecule has 4 rings (SSSR count). The highest BCUT2D eigenvalue weighted by atomic mass is 16.5. The maximum atomic E-state index is 13.2. The standard InChI is InChI=1S/C22H22N2O4/c1-28-17(25)12-16-18-19(20(23-16)15-10-6-3-7-11-15)22(27)24(21(18)26)13-14-8-4-2-5-9-14/h2-11,16,18-20,23H,12-13H2,1H3/t16-,18+,19+,20+/m0/s1. The molecule has 6 heteroatoms. The lowest BCUT2D eigenvalue weighted by Gasteiger charge is -2.22. The predicted octanol–water partition coefficient (Wildman–Crippen LogP) is 2.06. The summed E-state index contributed by atoms with van der Waals surface area (Å²) in [5.74, 6) is -1.90. The number of likely N-dealkylation sites (tertiary alicyclic amines) is 1. The molecular weight excluding hydrogens is 356 g/mol. The van der Waals surface area contributed by atoms with Crippen LogP contribution in [0, 0.1) is 11.8 Å². The van der Waals surface area contributed by atoms with E-state index < -0.39 is 23.8 Å². The minimum Gasteiger partial charge on any atom is -0.469 e. The molecule has 2 aromatic carbocycles. The second kappa shape index (κ2) is 7.56. The van der Waals surface area contributed by atoms with Gasteiger partial charge in [0, 0.05) is 12.1 Å². The third-order valence-electron chi connectivity index (χ3n) is 5.63. The number of carbonyl (C=O) groups excluding carboxylic acids is 3. The summed E-state index contributed by atoms with van der Waals surface area (Å²) < 4.78 is 4.80. The van der Waals surface area contributed by atoms with Crippen LogP contribution in [0.4, 0.5) is 0 Å². The van der Waals surface area contributed by atoms with Crippen LogP contribution < -0.4 is 5.32 Å². The Balaban J connectivity index is 1.66. The van der Waals surface area contributed by atoms with Gasteiger partial charge >= 0.3 is 5.97 Å². The fourth-order valence-electron chi connectivity index (χ4n) is 4.32. The zero-order valence-corrected chi connectivity index (χ0v) is 15.6. The van der Waals surface area contributed by atoms with Crippen molar-refractivity contribution in [1.29, 1.82) is 0 Å². The van der Waals surface area contributed by atoms with E-state index in [-0.39, 0.29) is 30.8 Å². The number of esters is 1. The second-order valence-corrected chi connectivity index (χ2v) is 7.24. The molecule has 2 fully saturated rings. The van der Waals surface area contributed by atoms with Crippen LogP contribution in [0.3, 0.4) is 0 Å². The van der Waals surface area contributed by atoms with Gasteiger partial charge in [-0.25, -0.2) is 0 Å². The molecule has 144 valence electrons. The summed E-state index contributed by atoms with van der Waals surface area (Å²) in [6, 6.07) is 18.3. The summed E-state index contributed by atoms with van der Waals surface area (Å²) in [5.41, 5.74) is 1.84. The zero-order valence-electron chi connectivity index (χ0n) is 15.6. The normalized spacial score (nSPS) is 26.4. The molecule has 0 aromatic heterocycles. The molecule has 2 aliphatic heterocycles. The number of methoxy groups -OCH3 is 1. The van der Waals surface area contributed by atoms with Crippen LogP contribution in [0.5, 0.6) is 0 Å². The van der Waals surface area contributed by atoms with Crippen molar-refractivity contribution in [3.63, 3.8) is 0 Å². The van der Waals surface area contributed by atoms with E-state index in [1.165, 1.54) is 12.0 Å². The third-order valence-corrected chi connectivity index (χ3v) is 5.63. The fourth-order valence-corrected chi connectivity index (χ4v) is 4.32. The van der Waals surface area contributed by atoms with Crippen LogP contribution in [0.15, 0.2) is 60.7 Å². The largest absolute Gasteiger partial charge is 0.469 e. The van der Waals surface area contributed by atoms with Gasteiger partial charge in [-0.1, -0.05) is 60.7 Å². The van der Waals surface area contributed by atoms with E-state index in [0.29, 0.717) is 0 Å². The average Bonchev–Trinajstić information content (AvgIpc) is 3.21. The number of nitrogens with zero attached hydrogens (tertiary/aromatic N) is 1. The molecule has 2 saturated heterocycles. The third kappa shape index (κ3) is 3.20. The average molecular weight is 378 g/mol. The van der Waals surface area contributed by atoms with E-state index >= 15 is 0 Å². The Morgan fingerprint density at radius 1 is 0.964 bits per heavy atom. The number of hydrogen-bond donors (Lipinski definition) is 1. The Morgan fingerprint density at radius 3 is 2.21 bits per heavy atom. The lowest BCUT2D eigenvalue weighted by Crippen LogP contribution is -2.40. The summed E-state index contributed by atoms with van der Waals surface area (Å²) in [6.07, 6.45) is 0.0548. The van der Waals surface area contributed by atoms with Crippen molar-refractivity contribution in [3.8, 4) is 0 Å². The summed E-state index contributed by atoms with van der Waals surface area (Å²) >= 11 is 0. The number of carbonyl (C=O) groups is 3. The molecule has 0 saturated carbocycles. The molecule has 0 unspecified atom stereocenters. The van der Waals surface area contributed by atoms with Gasteiger partial charge < -0.3 is 10.1 Å². The van der Waals surface area contributed by atoms with Gasteiger partial charge in [0.05, 0.1) is 31.9 Å². The topological polar surface area (TPSA) is 75.7 Å². The Morgan fingerprint density at radius 2 is 1.57 bits per heavy atom. The quantitative estimate of drug-likeness (QED) is 0.637. The Kier molecular flexibility index (Phi) is 4.96. The van der Waals surface area contributed by atoms with Crippen molar-refractivity contribution in [2.75, 3.05) is 7.11 Å². The fraction of sp³-hybridized carbons (Fsp3) is 0.318. The van der Waals surface area contributed by atoms with Crippen LogP contribution in [-0.4, -0.2) is 35.8 Å². The number of ether oxygens (including phenoxy) is 1. The summed E-state index contributed by atoms with van der Waals surface area (Å²) in [7, 11) is 1.33. The van der Waals surface area contributed by atoms with Crippen LogP contribution >= 0.6 is 0 Å². The lowest BCUT2D eigenvalue weighted by molar-refractivity contribution is -0.142. The SMILES string of the molecule is COC(=O)C[C@@H]1N[C@H](c2ccccc2)[C@@H]2C(=O)N(Cc3ccccc3)C(=O)[C@@H]21. The maximum absolute atomic E-state index is 13.2. The van der Waals surface area contributed by atoms with Gasteiger partial charge in [0.1, 0.15) is 0 Å². The van der Waals surface area contributed by atoms with Gasteiger partial charge in [-0.3, -0.25) is 19.3 Å². The van der Waals surface area contributed by atoms with Gasteiger partial charge in [0.25, 0.3) is 0 Å². The van der Waals surface area contributed by atoms with Crippen molar-refractivity contribution in [2.24, 2.45) is 11.8 Å². The number of benzene rings is 2. The summed E-state index contributed by atoms with van der Waals surface area (Å²) in [4.78, 5) is 39.6. The van der Waals surface area contributed by atoms with Crippen LogP contribution in [0.25, 0.3) is 0 Å². The lowest BCUT2D eigenvalue weighted by atomic mass is 9.86. The molecule has 0 radical (unpaired) electrons. The first kappa shape index (κ1) is 18.4. The Labute approximate surface area is 163 Å². The molecule has 6 nitrogen and oxygen atoms in total. The smallest absolute Gasteiger partial charge is 0.307 e. The molecule has 28 heavy (non-hydrogen) atoms. The summed E-state index contributed by atoms with van der Waals surface area (Å²) in [5, 5.41) is 3.35. The first-order valence-corrected chi connectivity index (χ1v) is 9.37. The molecule has 2 amide bonds. The number of imide groups is 1. The highest BCUT2D eigenvalue weighted by Gasteiger charge is 2.59. The van der Waals surface area contributed by atoms with E-state index in [1.54, 1.807) is 0 Å². The van der Waals surface area contributed by atoms with E-state index in [0.717, 1.165) is 11.1 Å². The Hall–Kier alpha value is -2.99. The zero-order chi connectivity index (χ0) is 19.7. The van der Waals surface area contributed by atoms with Gasteiger partial charge in [-0.2, -0.15) is 0 Å². The number of amides is 2. The van der Waals surface area contributed by atoms with Gasteiger partial charge in [-0.05, 0) is 11.1 Å². The highest BCUT2D eigenvalue weighted by molar-refractivity contribution is 6.06. The van der Waals surface area contributed by atoms with Crippen molar-refractivity contribution in [3.05, 3.63) is 71.8 Å². The van der Waals surface area contributed by atoms with Crippen molar-refractivity contribution in [1.82, 2.24) is 10.2 Å². The number of rotatable bonds is 5. The van der Waals surface area contributed by atoms with E-state index in [2.05, 4.69) is 5.32 Å². The first-order chi connectivity index (χ1) is 13.6. The van der Waals surface area contributed by atoms with Crippen molar-refractivity contribution >= 4 is 17.8 Å². The molecule has 0 spiro atoms. The van der Waals surface area contributed by atoms with Crippen molar-refractivity contribution < 1.29 is 19.1 Å². The molecule has 0 bridgehead atoms. The van der Waals surface area contributed by atoms with Gasteiger partial charge in [-0.15, -0.1) is 0 Å². The minimum atomic E-state index is -0.569. The van der Waals surface area contributed by atoms with E-state index in [1.807, 2.05) is 60.7 Å². The molecule has 4 atom stereocenters. The number of nitrogens with one attached hydrogen (secondary N) is 1. The maximum Gasteiger partial charge on any atom is 0.307 e. The monoisotopic (exact) mass is 378 g/mol. The predicted molar refractivity (Wildman–Crippen MR) is 102 cm³/mol. The number of hydrogen-bond acceptors (Lipinski definition) is 5. The van der Waals surface area contributed by atoms with E-state index in [4.69, 9.17) is 4.74 Å². The first-order valence-electron chi connectivity index (χ1n) is 9.37. The number of fused-ring (bicyclic) bond motifs is 1. The summed E-state index contributed by atoms with van der Waals surface area (Å²) in [6.45, 7) is 0.248. The molecule has 2 aromatic rings. The Bertz CT molecular complexity index is 884. The molecule has 2 heterocycles. The highest BCUT2D eigenvalue weighted by Crippen LogP contribution is 2.45. The van der Waals surface area contributed by atoms with Crippen LogP contribution in [0.2, 0.25) is 0 Å².